The fourth-order valence-electron chi connectivity index (χ4n) is 2.72. The molecule has 1 amide bonds. The van der Waals surface area contributed by atoms with Gasteiger partial charge in [0, 0.05) is 30.1 Å². The number of rotatable bonds is 2. The van der Waals surface area contributed by atoms with Crippen molar-refractivity contribution in [1.29, 1.82) is 0 Å². The number of aromatic nitrogens is 2. The molecule has 1 aromatic carbocycles. The van der Waals surface area contributed by atoms with Gasteiger partial charge in [-0.05, 0) is 24.1 Å². The zero-order valence-corrected chi connectivity index (χ0v) is 12.8. The summed E-state index contributed by atoms with van der Waals surface area (Å²) in [5.41, 5.74) is 2.28. The second-order valence-electron chi connectivity index (χ2n) is 5.34. The first-order valence-electron chi connectivity index (χ1n) is 7.21. The Morgan fingerprint density at radius 3 is 2.95 bits per heavy atom. The number of nitrogens with zero attached hydrogens (tertiary/aromatic N) is 2. The number of carbonyl (C=O) groups excluding carboxylic acids is 1. The Kier molecular flexibility index (Phi) is 4.24. The number of benzene rings is 1. The number of hydrogen-bond acceptors (Lipinski definition) is 3. The van der Waals surface area contributed by atoms with Gasteiger partial charge in [-0.25, -0.2) is 4.98 Å². The smallest absolute Gasteiger partial charge is 0.254 e. The lowest BCUT2D eigenvalue weighted by Gasteiger charge is -2.20. The first-order valence-corrected chi connectivity index (χ1v) is 7.59. The van der Waals surface area contributed by atoms with Gasteiger partial charge in [0.25, 0.3) is 5.56 Å². The summed E-state index contributed by atoms with van der Waals surface area (Å²) in [5.74, 6) is 0.0477. The van der Waals surface area contributed by atoms with Gasteiger partial charge in [0.15, 0.2) is 0 Å². The number of carbonyl (C=O) groups is 1. The number of fused-ring (bicyclic) bond motifs is 1. The summed E-state index contributed by atoms with van der Waals surface area (Å²) in [7, 11) is 0. The second kappa shape index (κ2) is 6.32. The molecule has 0 saturated heterocycles. The van der Waals surface area contributed by atoms with Gasteiger partial charge in [0.2, 0.25) is 5.91 Å². The Morgan fingerprint density at radius 2 is 2.14 bits per heavy atom. The summed E-state index contributed by atoms with van der Waals surface area (Å²) in [6.07, 6.45) is 2.89. The zero-order valence-electron chi connectivity index (χ0n) is 12.0. The first-order chi connectivity index (χ1) is 10.6. The number of halogens is 1. The summed E-state index contributed by atoms with van der Waals surface area (Å²) in [6, 6.07) is 7.32. The van der Waals surface area contributed by atoms with Gasteiger partial charge in [0.05, 0.1) is 18.4 Å². The topological polar surface area (TPSA) is 66.1 Å². The predicted molar refractivity (Wildman–Crippen MR) is 84.0 cm³/mol. The van der Waals surface area contributed by atoms with Crippen LogP contribution in [0.25, 0.3) is 0 Å². The molecule has 1 aromatic heterocycles. The van der Waals surface area contributed by atoms with E-state index >= 15 is 0 Å². The van der Waals surface area contributed by atoms with Crippen LogP contribution in [0.5, 0.6) is 0 Å². The van der Waals surface area contributed by atoms with Crippen LogP contribution >= 0.6 is 11.6 Å². The van der Waals surface area contributed by atoms with Crippen LogP contribution in [-0.4, -0.2) is 33.9 Å². The van der Waals surface area contributed by atoms with E-state index in [4.69, 9.17) is 11.6 Å². The summed E-state index contributed by atoms with van der Waals surface area (Å²) >= 11 is 5.95. The van der Waals surface area contributed by atoms with Crippen LogP contribution in [0.4, 0.5) is 0 Å². The lowest BCUT2D eigenvalue weighted by molar-refractivity contribution is -0.130. The molecular formula is C16H16ClN3O2. The van der Waals surface area contributed by atoms with E-state index in [9.17, 15) is 9.59 Å². The summed E-state index contributed by atoms with van der Waals surface area (Å²) in [5, 5.41) is 0.629. The number of hydrogen-bond donors (Lipinski definition) is 1. The van der Waals surface area contributed by atoms with Crippen LogP contribution < -0.4 is 5.56 Å². The van der Waals surface area contributed by atoms with Crippen molar-refractivity contribution < 1.29 is 4.79 Å². The van der Waals surface area contributed by atoms with Crippen molar-refractivity contribution in [3.05, 3.63) is 62.8 Å². The third-order valence-electron chi connectivity index (χ3n) is 3.89. The minimum Gasteiger partial charge on any atom is -0.342 e. The van der Waals surface area contributed by atoms with Gasteiger partial charge >= 0.3 is 0 Å². The largest absolute Gasteiger partial charge is 0.342 e. The van der Waals surface area contributed by atoms with Gasteiger partial charge in [-0.3, -0.25) is 9.59 Å². The molecule has 0 fully saturated rings. The first kappa shape index (κ1) is 14.8. The number of nitrogens with one attached hydrogen (secondary N) is 1. The highest BCUT2D eigenvalue weighted by Crippen LogP contribution is 2.14. The van der Waals surface area contributed by atoms with E-state index in [0.717, 1.165) is 11.3 Å². The van der Waals surface area contributed by atoms with Crippen LogP contribution in [0.3, 0.4) is 0 Å². The van der Waals surface area contributed by atoms with Crippen LogP contribution in [0.15, 0.2) is 35.4 Å². The zero-order chi connectivity index (χ0) is 15.5. The van der Waals surface area contributed by atoms with Crippen LogP contribution in [0.2, 0.25) is 5.02 Å². The van der Waals surface area contributed by atoms with Gasteiger partial charge in [-0.15, -0.1) is 0 Å². The van der Waals surface area contributed by atoms with Crippen molar-refractivity contribution in [3.8, 4) is 0 Å². The number of H-pyrrole nitrogens is 1. The van der Waals surface area contributed by atoms with Gasteiger partial charge in [0.1, 0.15) is 0 Å². The summed E-state index contributed by atoms with van der Waals surface area (Å²) in [6.45, 7) is 1.13. The Balaban J connectivity index is 1.71. The fraction of sp³-hybridized carbons (Fsp3) is 0.312. The average molecular weight is 318 g/mol. The molecule has 2 heterocycles. The van der Waals surface area contributed by atoms with Crippen LogP contribution in [0.1, 0.15) is 16.8 Å². The molecule has 0 spiro atoms. The highest BCUT2D eigenvalue weighted by molar-refractivity contribution is 6.30. The maximum absolute atomic E-state index is 12.4. The standard InChI is InChI=1S/C16H16ClN3O2/c17-12-3-1-2-11(8-12)9-15(21)20-6-4-13-14(5-7-20)18-10-19-16(13)22/h1-3,8,10H,4-7,9H2,(H,18,19,22). The van der Waals surface area contributed by atoms with E-state index in [0.29, 0.717) is 42.9 Å². The van der Waals surface area contributed by atoms with Crippen molar-refractivity contribution in [2.24, 2.45) is 0 Å². The van der Waals surface area contributed by atoms with Crippen molar-refractivity contribution >= 4 is 17.5 Å². The summed E-state index contributed by atoms with van der Waals surface area (Å²) < 4.78 is 0. The molecule has 2 aromatic rings. The van der Waals surface area contributed by atoms with Gasteiger partial charge < -0.3 is 9.88 Å². The molecule has 0 atom stereocenters. The second-order valence-corrected chi connectivity index (χ2v) is 5.78. The Bertz CT molecular complexity index is 757. The molecular weight excluding hydrogens is 302 g/mol. The predicted octanol–water partition coefficient (Wildman–Crippen LogP) is 1.59. The molecule has 22 heavy (non-hydrogen) atoms. The van der Waals surface area contributed by atoms with Gasteiger partial charge in [-0.2, -0.15) is 0 Å². The molecule has 6 heteroatoms. The molecule has 3 rings (SSSR count). The minimum atomic E-state index is -0.103. The molecule has 5 nitrogen and oxygen atoms in total. The lowest BCUT2D eigenvalue weighted by Crippen LogP contribution is -2.34. The SMILES string of the molecule is O=C(Cc1cccc(Cl)c1)N1CCc2nc[nH]c(=O)c2CC1. The Labute approximate surface area is 132 Å². The molecule has 1 N–H and O–H groups in total. The van der Waals surface area contributed by atoms with E-state index < -0.39 is 0 Å². The van der Waals surface area contributed by atoms with Crippen molar-refractivity contribution in [2.45, 2.75) is 19.3 Å². The van der Waals surface area contributed by atoms with Crippen LogP contribution in [-0.2, 0) is 24.1 Å². The lowest BCUT2D eigenvalue weighted by atomic mass is 10.1. The maximum atomic E-state index is 12.4. The van der Waals surface area contributed by atoms with E-state index in [1.807, 2.05) is 12.1 Å². The molecule has 0 bridgehead atoms. The number of aromatic amines is 1. The molecule has 1 aliphatic heterocycles. The molecule has 1 aliphatic rings. The van der Waals surface area contributed by atoms with Crippen LogP contribution in [0, 0.1) is 0 Å². The van der Waals surface area contributed by atoms with E-state index in [1.54, 1.807) is 17.0 Å². The third-order valence-corrected chi connectivity index (χ3v) is 4.12. The van der Waals surface area contributed by atoms with E-state index in [2.05, 4.69) is 9.97 Å². The van der Waals surface area contributed by atoms with Gasteiger partial charge in [-0.1, -0.05) is 23.7 Å². The highest BCUT2D eigenvalue weighted by atomic mass is 35.5. The van der Waals surface area contributed by atoms with E-state index in [1.165, 1.54) is 6.33 Å². The highest BCUT2D eigenvalue weighted by Gasteiger charge is 2.20. The quantitative estimate of drug-likeness (QED) is 0.915. The maximum Gasteiger partial charge on any atom is 0.254 e. The normalized spacial score (nSPS) is 14.3. The molecule has 0 unspecified atom stereocenters. The third kappa shape index (κ3) is 3.20. The minimum absolute atomic E-state index is 0.0477. The van der Waals surface area contributed by atoms with Crippen molar-refractivity contribution in [1.82, 2.24) is 14.9 Å². The monoisotopic (exact) mass is 317 g/mol. The van der Waals surface area contributed by atoms with Crippen molar-refractivity contribution in [3.63, 3.8) is 0 Å². The van der Waals surface area contributed by atoms with E-state index in [-0.39, 0.29) is 11.5 Å². The van der Waals surface area contributed by atoms with Crippen molar-refractivity contribution in [2.75, 3.05) is 13.1 Å². The Morgan fingerprint density at radius 1 is 1.32 bits per heavy atom. The molecule has 0 aliphatic carbocycles. The fourth-order valence-corrected chi connectivity index (χ4v) is 2.93. The summed E-state index contributed by atoms with van der Waals surface area (Å²) in [4.78, 5) is 32.9. The molecule has 0 radical (unpaired) electrons. The number of amides is 1. The molecule has 114 valence electrons. The Hall–Kier alpha value is -2.14. The molecule has 0 saturated carbocycles. The average Bonchev–Trinajstić information content (AvgIpc) is 2.71.